The maximum absolute atomic E-state index is 13.0. The average molecular weight is 280 g/mol. The van der Waals surface area contributed by atoms with Crippen molar-refractivity contribution in [1.29, 1.82) is 0 Å². The lowest BCUT2D eigenvalue weighted by molar-refractivity contribution is -0.142. The third-order valence-corrected chi connectivity index (χ3v) is 3.09. The molecule has 0 unspecified atom stereocenters. The Hall–Kier alpha value is -2.02. The van der Waals surface area contributed by atoms with E-state index in [0.29, 0.717) is 12.2 Å². The first kappa shape index (κ1) is 13.0. The fraction of sp³-hybridized carbons (Fsp3) is 0.308. The van der Waals surface area contributed by atoms with Crippen molar-refractivity contribution < 1.29 is 13.2 Å². The topological polar surface area (TPSA) is 50.7 Å². The molecule has 0 bridgehead atoms. The van der Waals surface area contributed by atoms with Crippen LogP contribution in [0.2, 0.25) is 0 Å². The number of nitrogens with zero attached hydrogens (tertiary/aromatic N) is 3. The summed E-state index contributed by atoms with van der Waals surface area (Å²) in [5.74, 6) is 0.174. The maximum Gasteiger partial charge on any atom is 0.433 e. The van der Waals surface area contributed by atoms with Crippen LogP contribution < -0.4 is 5.32 Å². The van der Waals surface area contributed by atoms with E-state index in [-0.39, 0.29) is 24.4 Å². The van der Waals surface area contributed by atoms with Gasteiger partial charge in [0.15, 0.2) is 5.69 Å². The molecule has 0 atom stereocenters. The molecule has 4 nitrogen and oxygen atoms in total. The second kappa shape index (κ2) is 4.82. The number of rotatable bonds is 2. The smallest absolute Gasteiger partial charge is 0.307 e. The summed E-state index contributed by atoms with van der Waals surface area (Å²) >= 11 is 0. The molecule has 0 amide bonds. The number of pyridine rings is 1. The Balaban J connectivity index is 2.01. The predicted octanol–water partition coefficient (Wildman–Crippen LogP) is 2.08. The van der Waals surface area contributed by atoms with Gasteiger partial charge in [0.1, 0.15) is 5.82 Å². The largest absolute Gasteiger partial charge is 0.433 e. The van der Waals surface area contributed by atoms with Crippen LogP contribution in [0, 0.1) is 0 Å². The Morgan fingerprint density at radius 2 is 2.05 bits per heavy atom. The van der Waals surface area contributed by atoms with Crippen LogP contribution in [-0.2, 0) is 25.7 Å². The van der Waals surface area contributed by atoms with E-state index in [1.165, 1.54) is 0 Å². The molecule has 1 N–H and O–H groups in total. The van der Waals surface area contributed by atoms with Crippen molar-refractivity contribution in [2.75, 3.05) is 0 Å². The molecule has 0 aliphatic carbocycles. The molecule has 0 fully saturated rings. The first-order chi connectivity index (χ1) is 9.54. The maximum atomic E-state index is 13.0. The third-order valence-electron chi connectivity index (χ3n) is 3.09. The lowest BCUT2D eigenvalue weighted by Gasteiger charge is -2.12. The van der Waals surface area contributed by atoms with E-state index in [0.717, 1.165) is 5.56 Å². The van der Waals surface area contributed by atoms with Gasteiger partial charge in [0, 0.05) is 37.5 Å². The van der Waals surface area contributed by atoms with Crippen molar-refractivity contribution in [2.45, 2.75) is 25.7 Å². The molecule has 1 aliphatic heterocycles. The fourth-order valence-electron chi connectivity index (χ4n) is 2.22. The summed E-state index contributed by atoms with van der Waals surface area (Å²) in [6.07, 6.45) is -1.01. The predicted molar refractivity (Wildman–Crippen MR) is 64.6 cm³/mol. The highest BCUT2D eigenvalue weighted by molar-refractivity contribution is 5.32. The molecule has 2 aromatic rings. The number of fused-ring (bicyclic) bond motifs is 1. The molecule has 0 radical (unpaired) electrons. The van der Waals surface area contributed by atoms with Gasteiger partial charge in [-0.25, -0.2) is 9.97 Å². The Morgan fingerprint density at radius 1 is 1.20 bits per heavy atom. The summed E-state index contributed by atoms with van der Waals surface area (Å²) < 4.78 is 39.1. The lowest BCUT2D eigenvalue weighted by atomic mass is 10.1. The normalized spacial score (nSPS) is 14.3. The molecule has 20 heavy (non-hydrogen) atoms. The summed E-state index contributed by atoms with van der Waals surface area (Å²) in [5.41, 5.74) is 0.552. The van der Waals surface area contributed by atoms with Crippen LogP contribution in [0.5, 0.6) is 0 Å². The van der Waals surface area contributed by atoms with E-state index in [9.17, 15) is 13.2 Å². The molecule has 0 saturated carbocycles. The monoisotopic (exact) mass is 280 g/mol. The van der Waals surface area contributed by atoms with E-state index in [1.54, 1.807) is 24.5 Å². The van der Waals surface area contributed by atoms with Crippen LogP contribution in [0.4, 0.5) is 13.2 Å². The summed E-state index contributed by atoms with van der Waals surface area (Å²) in [4.78, 5) is 11.9. The molecule has 0 spiro atoms. The van der Waals surface area contributed by atoms with Crippen molar-refractivity contribution in [3.05, 3.63) is 52.9 Å². The van der Waals surface area contributed by atoms with E-state index in [4.69, 9.17) is 0 Å². The van der Waals surface area contributed by atoms with Gasteiger partial charge in [0.25, 0.3) is 0 Å². The third kappa shape index (κ3) is 2.49. The Labute approximate surface area is 113 Å². The van der Waals surface area contributed by atoms with Crippen molar-refractivity contribution in [1.82, 2.24) is 20.3 Å². The van der Waals surface area contributed by atoms with Gasteiger partial charge in [-0.1, -0.05) is 6.07 Å². The Morgan fingerprint density at radius 3 is 2.75 bits per heavy atom. The highest BCUT2D eigenvalue weighted by Crippen LogP contribution is 2.33. The van der Waals surface area contributed by atoms with Gasteiger partial charge >= 0.3 is 6.18 Å². The minimum absolute atomic E-state index is 0.160. The molecular formula is C13H11F3N4. The average Bonchev–Trinajstić information content (AvgIpc) is 2.86. The minimum atomic E-state index is -4.46. The van der Waals surface area contributed by atoms with E-state index in [1.807, 2.05) is 0 Å². The van der Waals surface area contributed by atoms with Crippen LogP contribution in [0.15, 0.2) is 24.5 Å². The number of hydrogen-bond donors (Lipinski definition) is 1. The van der Waals surface area contributed by atoms with Gasteiger partial charge in [-0.05, 0) is 11.6 Å². The molecule has 7 heteroatoms. The summed E-state index contributed by atoms with van der Waals surface area (Å²) in [5, 5.41) is 2.88. The standard InChI is InChI=1S/C13H11F3N4/c14-13(15,16)12-9-6-18-7-10(9)19-11(20-12)4-8-2-1-3-17-5-8/h1-3,5,18H,4,6-7H2. The van der Waals surface area contributed by atoms with E-state index in [2.05, 4.69) is 20.3 Å². The van der Waals surface area contributed by atoms with Crippen LogP contribution in [0.25, 0.3) is 0 Å². The summed E-state index contributed by atoms with van der Waals surface area (Å²) in [6.45, 7) is 0.512. The summed E-state index contributed by atoms with van der Waals surface area (Å²) in [7, 11) is 0. The van der Waals surface area contributed by atoms with E-state index < -0.39 is 11.9 Å². The molecule has 0 aromatic carbocycles. The van der Waals surface area contributed by atoms with Crippen molar-refractivity contribution in [3.63, 3.8) is 0 Å². The second-order valence-corrected chi connectivity index (χ2v) is 4.55. The van der Waals surface area contributed by atoms with Gasteiger partial charge in [0.05, 0.1) is 5.69 Å². The first-order valence-corrected chi connectivity index (χ1v) is 6.09. The fourth-order valence-corrected chi connectivity index (χ4v) is 2.22. The van der Waals surface area contributed by atoms with Crippen molar-refractivity contribution >= 4 is 0 Å². The van der Waals surface area contributed by atoms with E-state index >= 15 is 0 Å². The molecule has 104 valence electrons. The van der Waals surface area contributed by atoms with Crippen molar-refractivity contribution in [3.8, 4) is 0 Å². The van der Waals surface area contributed by atoms with Crippen LogP contribution in [0.3, 0.4) is 0 Å². The highest BCUT2D eigenvalue weighted by Gasteiger charge is 2.38. The quantitative estimate of drug-likeness (QED) is 0.915. The Bertz CT molecular complexity index is 626. The number of alkyl halides is 3. The van der Waals surface area contributed by atoms with Gasteiger partial charge in [-0.2, -0.15) is 13.2 Å². The molecular weight excluding hydrogens is 269 g/mol. The number of aromatic nitrogens is 3. The molecule has 0 saturated heterocycles. The highest BCUT2D eigenvalue weighted by atomic mass is 19.4. The molecule has 3 heterocycles. The zero-order valence-corrected chi connectivity index (χ0v) is 10.4. The number of halogens is 3. The van der Waals surface area contributed by atoms with Gasteiger partial charge < -0.3 is 5.32 Å². The molecule has 1 aliphatic rings. The minimum Gasteiger partial charge on any atom is -0.307 e. The van der Waals surface area contributed by atoms with Crippen molar-refractivity contribution in [2.24, 2.45) is 0 Å². The van der Waals surface area contributed by atoms with Gasteiger partial charge in [-0.15, -0.1) is 0 Å². The SMILES string of the molecule is FC(F)(F)c1nc(Cc2cccnc2)nc2c1CNC2. The zero-order chi connectivity index (χ0) is 14.2. The lowest BCUT2D eigenvalue weighted by Crippen LogP contribution is -2.16. The van der Waals surface area contributed by atoms with Gasteiger partial charge in [0.2, 0.25) is 0 Å². The molecule has 3 rings (SSSR count). The number of nitrogens with one attached hydrogen (secondary N) is 1. The van der Waals surface area contributed by atoms with Gasteiger partial charge in [-0.3, -0.25) is 4.98 Å². The Kier molecular flexibility index (Phi) is 3.13. The summed E-state index contributed by atoms with van der Waals surface area (Å²) in [6, 6.07) is 3.52. The zero-order valence-electron chi connectivity index (χ0n) is 10.4. The van der Waals surface area contributed by atoms with Crippen LogP contribution in [-0.4, -0.2) is 15.0 Å². The van der Waals surface area contributed by atoms with Crippen LogP contribution >= 0.6 is 0 Å². The number of hydrogen-bond acceptors (Lipinski definition) is 4. The molecule has 2 aromatic heterocycles. The van der Waals surface area contributed by atoms with Crippen LogP contribution in [0.1, 0.15) is 28.3 Å². The second-order valence-electron chi connectivity index (χ2n) is 4.55. The first-order valence-electron chi connectivity index (χ1n) is 6.09.